The summed E-state index contributed by atoms with van der Waals surface area (Å²) < 4.78 is 0. The molecule has 76 valence electrons. The molecule has 0 spiro atoms. The van der Waals surface area contributed by atoms with E-state index < -0.39 is 0 Å². The first kappa shape index (κ1) is 9.91. The summed E-state index contributed by atoms with van der Waals surface area (Å²) in [5, 5.41) is 2.22. The van der Waals surface area contributed by atoms with E-state index in [9.17, 15) is 4.79 Å². The molecule has 1 fully saturated rings. The van der Waals surface area contributed by atoms with Crippen molar-refractivity contribution in [2.75, 3.05) is 0 Å². The molecule has 2 unspecified atom stereocenters. The zero-order chi connectivity index (χ0) is 10.1. The molecule has 0 amide bonds. The van der Waals surface area contributed by atoms with Crippen molar-refractivity contribution in [3.63, 3.8) is 0 Å². The van der Waals surface area contributed by atoms with Gasteiger partial charge in [0.15, 0.2) is 0 Å². The summed E-state index contributed by atoms with van der Waals surface area (Å²) >= 11 is 1.79. The van der Waals surface area contributed by atoms with Crippen LogP contribution in [-0.2, 0) is 4.79 Å². The normalized spacial score (nSPS) is 28.0. The molecule has 1 aliphatic carbocycles. The molecule has 1 nitrogen and oxygen atoms in total. The van der Waals surface area contributed by atoms with Crippen LogP contribution < -0.4 is 0 Å². The number of carbonyl (C=O) groups excluding carboxylic acids is 1. The molecular formula is C12H16OS. The van der Waals surface area contributed by atoms with Crippen molar-refractivity contribution in [2.24, 2.45) is 5.92 Å². The lowest BCUT2D eigenvalue weighted by Crippen LogP contribution is -2.20. The van der Waals surface area contributed by atoms with Crippen molar-refractivity contribution < 1.29 is 4.79 Å². The van der Waals surface area contributed by atoms with Gasteiger partial charge in [-0.1, -0.05) is 6.92 Å². The van der Waals surface area contributed by atoms with Gasteiger partial charge in [0.2, 0.25) is 0 Å². The lowest BCUT2D eigenvalue weighted by molar-refractivity contribution is -0.121. The third kappa shape index (κ3) is 1.90. The number of Topliss-reactive ketones (excluding diaryl/α,β-unsaturated/α-hetero) is 1. The van der Waals surface area contributed by atoms with Crippen LogP contribution in [0.2, 0.25) is 0 Å². The van der Waals surface area contributed by atoms with Crippen LogP contribution in [0.15, 0.2) is 11.4 Å². The van der Waals surface area contributed by atoms with Crippen LogP contribution in [0.3, 0.4) is 0 Å². The van der Waals surface area contributed by atoms with Crippen molar-refractivity contribution >= 4 is 17.1 Å². The zero-order valence-electron chi connectivity index (χ0n) is 8.75. The van der Waals surface area contributed by atoms with E-state index >= 15 is 0 Å². The van der Waals surface area contributed by atoms with Gasteiger partial charge in [-0.2, -0.15) is 0 Å². The number of hydrogen-bond donors (Lipinski definition) is 0. The van der Waals surface area contributed by atoms with Gasteiger partial charge < -0.3 is 0 Å². The first-order valence-electron chi connectivity index (χ1n) is 5.23. The van der Waals surface area contributed by atoms with Gasteiger partial charge >= 0.3 is 0 Å². The molecule has 0 bridgehead atoms. The van der Waals surface area contributed by atoms with Crippen LogP contribution in [0.25, 0.3) is 0 Å². The van der Waals surface area contributed by atoms with Crippen molar-refractivity contribution in [1.82, 2.24) is 0 Å². The summed E-state index contributed by atoms with van der Waals surface area (Å²) in [5.74, 6) is 1.60. The average molecular weight is 208 g/mol. The highest BCUT2D eigenvalue weighted by Crippen LogP contribution is 2.37. The topological polar surface area (TPSA) is 17.1 Å². The van der Waals surface area contributed by atoms with Crippen LogP contribution in [0.1, 0.15) is 42.5 Å². The van der Waals surface area contributed by atoms with Gasteiger partial charge in [0.1, 0.15) is 5.78 Å². The SMILES string of the molecule is Cc1cc(C2CC(=O)CCC2C)cs1. The first-order chi connectivity index (χ1) is 6.66. The van der Waals surface area contributed by atoms with Crippen molar-refractivity contribution in [1.29, 1.82) is 0 Å². The van der Waals surface area contributed by atoms with Crippen molar-refractivity contribution in [3.05, 3.63) is 21.9 Å². The van der Waals surface area contributed by atoms with E-state index in [4.69, 9.17) is 0 Å². The van der Waals surface area contributed by atoms with Crippen LogP contribution >= 0.6 is 11.3 Å². The maximum atomic E-state index is 11.4. The van der Waals surface area contributed by atoms with Crippen LogP contribution in [0.5, 0.6) is 0 Å². The Morgan fingerprint density at radius 1 is 1.50 bits per heavy atom. The second kappa shape index (κ2) is 3.85. The van der Waals surface area contributed by atoms with Crippen molar-refractivity contribution in [2.45, 2.75) is 39.0 Å². The Labute approximate surface area is 89.1 Å². The van der Waals surface area contributed by atoms with E-state index in [1.807, 2.05) is 0 Å². The Morgan fingerprint density at radius 3 is 2.93 bits per heavy atom. The standard InChI is InChI=1S/C12H16OS/c1-8-3-4-11(13)6-12(8)10-5-9(2)14-7-10/h5,7-8,12H,3-4,6H2,1-2H3. The van der Waals surface area contributed by atoms with E-state index in [0.717, 1.165) is 19.3 Å². The lowest BCUT2D eigenvalue weighted by atomic mass is 9.77. The molecule has 0 N–H and O–H groups in total. The largest absolute Gasteiger partial charge is 0.300 e. The van der Waals surface area contributed by atoms with Crippen LogP contribution in [0.4, 0.5) is 0 Å². The van der Waals surface area contributed by atoms with Gasteiger partial charge in [-0.3, -0.25) is 4.79 Å². The molecule has 0 radical (unpaired) electrons. The fraction of sp³-hybridized carbons (Fsp3) is 0.583. The average Bonchev–Trinajstić information content (AvgIpc) is 2.56. The Kier molecular flexibility index (Phi) is 2.73. The summed E-state index contributed by atoms with van der Waals surface area (Å²) in [6, 6.07) is 2.24. The zero-order valence-corrected chi connectivity index (χ0v) is 9.56. The molecule has 1 aliphatic rings. The smallest absolute Gasteiger partial charge is 0.133 e. The summed E-state index contributed by atoms with van der Waals surface area (Å²) in [5.41, 5.74) is 1.38. The number of thiophene rings is 1. The molecule has 0 saturated heterocycles. The van der Waals surface area contributed by atoms with Gasteiger partial charge in [-0.15, -0.1) is 11.3 Å². The molecular weight excluding hydrogens is 192 g/mol. The molecule has 2 rings (SSSR count). The third-order valence-electron chi connectivity index (χ3n) is 3.19. The van der Waals surface area contributed by atoms with E-state index in [-0.39, 0.29) is 0 Å². The minimum absolute atomic E-state index is 0.442. The highest BCUT2D eigenvalue weighted by Gasteiger charge is 2.27. The Balaban J connectivity index is 2.19. The van der Waals surface area contributed by atoms with Gasteiger partial charge in [0.25, 0.3) is 0 Å². The Hall–Kier alpha value is -0.630. The van der Waals surface area contributed by atoms with Gasteiger partial charge in [0, 0.05) is 17.7 Å². The highest BCUT2D eigenvalue weighted by molar-refractivity contribution is 7.10. The maximum Gasteiger partial charge on any atom is 0.133 e. The fourth-order valence-corrected chi connectivity index (χ4v) is 3.01. The molecule has 0 aliphatic heterocycles. The molecule has 0 aromatic carbocycles. The monoisotopic (exact) mass is 208 g/mol. The number of aryl methyl sites for hydroxylation is 1. The van der Waals surface area contributed by atoms with Crippen LogP contribution in [0, 0.1) is 12.8 Å². The van der Waals surface area contributed by atoms with Gasteiger partial charge in [-0.25, -0.2) is 0 Å². The van der Waals surface area contributed by atoms with Crippen LogP contribution in [-0.4, -0.2) is 5.78 Å². The predicted molar refractivity (Wildman–Crippen MR) is 59.8 cm³/mol. The number of carbonyl (C=O) groups is 1. The van der Waals surface area contributed by atoms with E-state index in [1.54, 1.807) is 11.3 Å². The van der Waals surface area contributed by atoms with Gasteiger partial charge in [-0.05, 0) is 42.2 Å². The third-order valence-corrected chi connectivity index (χ3v) is 4.07. The summed E-state index contributed by atoms with van der Waals surface area (Å²) in [4.78, 5) is 12.8. The molecule has 1 saturated carbocycles. The molecule has 2 heteroatoms. The molecule has 1 aromatic heterocycles. The second-order valence-corrected chi connectivity index (χ2v) is 5.47. The number of hydrogen-bond acceptors (Lipinski definition) is 2. The lowest BCUT2D eigenvalue weighted by Gasteiger charge is -2.27. The maximum absolute atomic E-state index is 11.4. The Morgan fingerprint density at radius 2 is 2.29 bits per heavy atom. The van der Waals surface area contributed by atoms with Gasteiger partial charge in [0.05, 0.1) is 0 Å². The second-order valence-electron chi connectivity index (χ2n) is 4.36. The summed E-state index contributed by atoms with van der Waals surface area (Å²) in [7, 11) is 0. The first-order valence-corrected chi connectivity index (χ1v) is 6.11. The summed E-state index contributed by atoms with van der Waals surface area (Å²) in [6.07, 6.45) is 2.62. The van der Waals surface area contributed by atoms with Crippen molar-refractivity contribution in [3.8, 4) is 0 Å². The Bertz CT molecular complexity index is 340. The summed E-state index contributed by atoms with van der Waals surface area (Å²) in [6.45, 7) is 4.40. The minimum Gasteiger partial charge on any atom is -0.300 e. The molecule has 1 aromatic rings. The fourth-order valence-electron chi connectivity index (χ4n) is 2.24. The molecule has 2 atom stereocenters. The highest BCUT2D eigenvalue weighted by atomic mass is 32.1. The van der Waals surface area contributed by atoms with E-state index in [0.29, 0.717) is 17.6 Å². The molecule has 14 heavy (non-hydrogen) atoms. The van der Waals surface area contributed by atoms with E-state index in [2.05, 4.69) is 25.3 Å². The quantitative estimate of drug-likeness (QED) is 0.690. The van der Waals surface area contributed by atoms with E-state index in [1.165, 1.54) is 10.4 Å². The predicted octanol–water partition coefficient (Wildman–Crippen LogP) is 3.53. The number of rotatable bonds is 1. The number of ketones is 1. The molecule has 1 heterocycles. The minimum atomic E-state index is 0.442.